The molecule has 0 aromatic heterocycles. The first-order chi connectivity index (χ1) is 12.2. The van der Waals surface area contributed by atoms with E-state index in [1.54, 1.807) is 0 Å². The summed E-state index contributed by atoms with van der Waals surface area (Å²) in [4.78, 5) is 38.0. The van der Waals surface area contributed by atoms with Crippen molar-refractivity contribution in [1.82, 2.24) is 0 Å². The molecule has 0 atom stereocenters. The van der Waals surface area contributed by atoms with Crippen molar-refractivity contribution in [3.8, 4) is 0 Å². The van der Waals surface area contributed by atoms with E-state index in [2.05, 4.69) is 12.5 Å². The van der Waals surface area contributed by atoms with E-state index in [-0.39, 0.29) is 22.7 Å². The van der Waals surface area contributed by atoms with Crippen molar-refractivity contribution in [1.29, 1.82) is 0 Å². The summed E-state index contributed by atoms with van der Waals surface area (Å²) >= 11 is 2.83. The summed E-state index contributed by atoms with van der Waals surface area (Å²) in [5.74, 6) is 0. The maximum atomic E-state index is 10.1. The molecule has 2 rings (SSSR count). The lowest BCUT2D eigenvalue weighted by Crippen LogP contribution is -1.90. The molecule has 0 fully saturated rings. The number of hydrogen-bond acceptors (Lipinski definition) is 10. The summed E-state index contributed by atoms with van der Waals surface area (Å²) in [7, 11) is 0. The number of rotatable bonds is 4. The van der Waals surface area contributed by atoms with Gasteiger partial charge in [-0.05, 0) is 0 Å². The molecule has 0 saturated heterocycles. The van der Waals surface area contributed by atoms with Crippen LogP contribution >= 0.6 is 0 Å². The van der Waals surface area contributed by atoms with Crippen molar-refractivity contribution < 1.29 is 23.9 Å². The number of non-ortho nitro benzene ring substituents is 4. The average molecular weight is 384 g/mol. The first-order valence-corrected chi connectivity index (χ1v) is 6.50. The normalized spacial score (nSPS) is 8.77. The molecule has 13 nitrogen and oxygen atoms in total. The van der Waals surface area contributed by atoms with Crippen LogP contribution in [0.1, 0.15) is 0 Å². The van der Waals surface area contributed by atoms with Crippen LogP contribution in [0, 0.1) is 40.5 Å². The maximum Gasteiger partial charge on any atom is 0.269 e. The van der Waals surface area contributed by atoms with E-state index in [0.29, 0.717) is 0 Å². The fourth-order valence-electron chi connectivity index (χ4n) is 1.39. The van der Waals surface area contributed by atoms with Crippen LogP contribution in [0.2, 0.25) is 0 Å². The fourth-order valence-corrected chi connectivity index (χ4v) is 1.39. The van der Waals surface area contributed by atoms with Crippen LogP contribution in [0.5, 0.6) is 0 Å². The van der Waals surface area contributed by atoms with Gasteiger partial charge in [-0.3, -0.25) is 40.5 Å². The van der Waals surface area contributed by atoms with E-state index in [4.69, 9.17) is 4.21 Å². The molecule has 2 aromatic carbocycles. The predicted octanol–water partition coefficient (Wildman–Crippen LogP) is 2.67. The smallest absolute Gasteiger partial charge is 0.258 e. The van der Waals surface area contributed by atoms with Crippen molar-refractivity contribution in [2.75, 3.05) is 0 Å². The van der Waals surface area contributed by atoms with E-state index in [1.807, 2.05) is 0 Å². The summed E-state index contributed by atoms with van der Waals surface area (Å²) in [6.45, 7) is 0. The number of nitro benzene ring substituents is 4. The molecule has 0 heterocycles. The SMILES string of the molecule is O=S.O=[N+]([O-])c1ccc([N+](=O)[O-])cc1.O=[N+]([O-])c1ccc([N+](=O)[O-])cc1. The Bertz CT molecular complexity index is 662. The zero-order chi connectivity index (χ0) is 20.3. The molecular formula is C12H8N4O9S. The van der Waals surface area contributed by atoms with Crippen LogP contribution in [-0.4, -0.2) is 23.9 Å². The third-order valence-corrected chi connectivity index (χ3v) is 2.54. The average Bonchev–Trinajstić information content (AvgIpc) is 2.64. The van der Waals surface area contributed by atoms with Gasteiger partial charge in [0, 0.05) is 48.5 Å². The Morgan fingerprint density at radius 2 is 0.577 bits per heavy atom. The standard InChI is InChI=1S/2C6H4N2O4.OS/c2*9-7(10)5-1-2-6(4-3-5)8(11)12;1-2/h2*1-4H;. The minimum Gasteiger partial charge on any atom is -0.258 e. The van der Waals surface area contributed by atoms with Crippen molar-refractivity contribution in [3.05, 3.63) is 89.0 Å². The third kappa shape index (κ3) is 7.09. The molecule has 0 aliphatic carbocycles. The highest BCUT2D eigenvalue weighted by Crippen LogP contribution is 2.17. The molecule has 26 heavy (non-hydrogen) atoms. The molecule has 0 saturated carbocycles. The summed E-state index contributed by atoms with van der Waals surface area (Å²) in [5, 5.41) is 40.5. The molecule has 0 unspecified atom stereocenters. The second-order valence-electron chi connectivity index (χ2n) is 4.06. The lowest BCUT2D eigenvalue weighted by atomic mass is 10.3. The molecular weight excluding hydrogens is 376 g/mol. The molecule has 136 valence electrons. The van der Waals surface area contributed by atoms with Gasteiger partial charge in [-0.2, -0.15) is 4.21 Å². The first kappa shape index (κ1) is 22.1. The summed E-state index contributed by atoms with van der Waals surface area (Å²) < 4.78 is 7.83. The van der Waals surface area contributed by atoms with Gasteiger partial charge in [0.25, 0.3) is 22.7 Å². The quantitative estimate of drug-likeness (QED) is 0.559. The molecule has 0 aliphatic rings. The monoisotopic (exact) mass is 384 g/mol. The molecule has 0 amide bonds. The van der Waals surface area contributed by atoms with Crippen LogP contribution in [0.25, 0.3) is 0 Å². The molecule has 0 radical (unpaired) electrons. The van der Waals surface area contributed by atoms with Crippen LogP contribution in [-0.2, 0) is 12.5 Å². The van der Waals surface area contributed by atoms with Gasteiger partial charge in [0.2, 0.25) is 0 Å². The predicted molar refractivity (Wildman–Crippen MR) is 87.6 cm³/mol. The Hall–Kier alpha value is -3.94. The van der Waals surface area contributed by atoms with Crippen molar-refractivity contribution in [3.63, 3.8) is 0 Å². The zero-order valence-electron chi connectivity index (χ0n) is 12.5. The van der Waals surface area contributed by atoms with Gasteiger partial charge in [0.05, 0.1) is 19.7 Å². The van der Waals surface area contributed by atoms with E-state index in [1.165, 1.54) is 0 Å². The zero-order valence-corrected chi connectivity index (χ0v) is 13.3. The van der Waals surface area contributed by atoms with Gasteiger partial charge in [-0.25, -0.2) is 0 Å². The Morgan fingerprint density at radius 3 is 0.654 bits per heavy atom. The van der Waals surface area contributed by atoms with Gasteiger partial charge < -0.3 is 0 Å². The highest BCUT2D eigenvalue weighted by molar-refractivity contribution is 7.44. The van der Waals surface area contributed by atoms with E-state index < -0.39 is 19.7 Å². The number of nitrogens with zero attached hydrogens (tertiary/aromatic N) is 4. The third-order valence-electron chi connectivity index (χ3n) is 2.54. The number of benzene rings is 2. The van der Waals surface area contributed by atoms with E-state index in [0.717, 1.165) is 48.5 Å². The number of hydrogen-bond donors (Lipinski definition) is 0. The number of nitro groups is 4. The molecule has 0 bridgehead atoms. The molecule has 14 heteroatoms. The summed E-state index contributed by atoms with van der Waals surface area (Å²) in [5.41, 5.74) is -0.609. The summed E-state index contributed by atoms with van der Waals surface area (Å²) in [6, 6.07) is 8.76. The van der Waals surface area contributed by atoms with Gasteiger partial charge >= 0.3 is 0 Å². The van der Waals surface area contributed by atoms with Gasteiger partial charge in [0.1, 0.15) is 0 Å². The molecule has 0 aliphatic heterocycles. The van der Waals surface area contributed by atoms with Crippen LogP contribution in [0.3, 0.4) is 0 Å². The van der Waals surface area contributed by atoms with Crippen molar-refractivity contribution in [2.24, 2.45) is 0 Å². The van der Waals surface area contributed by atoms with Crippen LogP contribution in [0.15, 0.2) is 48.5 Å². The van der Waals surface area contributed by atoms with Crippen molar-refractivity contribution in [2.45, 2.75) is 0 Å². The Labute approximate surface area is 149 Å². The van der Waals surface area contributed by atoms with Gasteiger partial charge in [0.15, 0.2) is 12.5 Å². The lowest BCUT2D eigenvalue weighted by molar-refractivity contribution is -0.389. The first-order valence-electron chi connectivity index (χ1n) is 6.16. The van der Waals surface area contributed by atoms with E-state index in [9.17, 15) is 40.5 Å². The Kier molecular flexibility index (Phi) is 9.13. The minimum absolute atomic E-state index is 0.152. The maximum absolute atomic E-state index is 10.1. The topological polar surface area (TPSA) is 190 Å². The second kappa shape index (κ2) is 10.8. The van der Waals surface area contributed by atoms with Gasteiger partial charge in [-0.1, -0.05) is 0 Å². The van der Waals surface area contributed by atoms with E-state index >= 15 is 0 Å². The largest absolute Gasteiger partial charge is 0.269 e. The van der Waals surface area contributed by atoms with Crippen LogP contribution < -0.4 is 0 Å². The molecule has 0 N–H and O–H groups in total. The molecule has 2 aromatic rings. The van der Waals surface area contributed by atoms with Crippen LogP contribution in [0.4, 0.5) is 22.7 Å². The Balaban J connectivity index is 0.000000439. The lowest BCUT2D eigenvalue weighted by Gasteiger charge is -1.90. The van der Waals surface area contributed by atoms with Gasteiger partial charge in [-0.15, -0.1) is 0 Å². The van der Waals surface area contributed by atoms with Crippen molar-refractivity contribution >= 4 is 35.3 Å². The Morgan fingerprint density at radius 1 is 0.462 bits per heavy atom. The molecule has 0 spiro atoms. The highest BCUT2D eigenvalue weighted by Gasteiger charge is 2.09. The highest BCUT2D eigenvalue weighted by atomic mass is 32.1. The minimum atomic E-state index is -0.607. The second-order valence-corrected chi connectivity index (χ2v) is 4.06. The summed E-state index contributed by atoms with van der Waals surface area (Å²) in [6.07, 6.45) is 0. The fraction of sp³-hybridized carbons (Fsp3) is 0.